The van der Waals surface area contributed by atoms with E-state index >= 15 is 0 Å². The van der Waals surface area contributed by atoms with Gasteiger partial charge in [0.25, 0.3) is 0 Å². The second-order valence-corrected chi connectivity index (χ2v) is 6.26. The lowest BCUT2D eigenvalue weighted by atomic mass is 10.0. The molecule has 4 rings (SSSR count). The maximum Gasteiger partial charge on any atom is 0.153 e. The van der Waals surface area contributed by atoms with Gasteiger partial charge in [0.2, 0.25) is 0 Å². The third-order valence-electron chi connectivity index (χ3n) is 4.50. The van der Waals surface area contributed by atoms with E-state index in [1.54, 1.807) is 0 Å². The predicted octanol–water partition coefficient (Wildman–Crippen LogP) is 2.90. The van der Waals surface area contributed by atoms with Crippen LogP contribution in [-0.4, -0.2) is 35.9 Å². The highest BCUT2D eigenvalue weighted by atomic mass is 16.3. The smallest absolute Gasteiger partial charge is 0.153 e. The lowest BCUT2D eigenvalue weighted by Gasteiger charge is -2.30. The summed E-state index contributed by atoms with van der Waals surface area (Å²) in [5.74, 6) is 1.34. The van der Waals surface area contributed by atoms with Crippen LogP contribution < -0.4 is 9.80 Å². The van der Waals surface area contributed by atoms with Gasteiger partial charge in [-0.3, -0.25) is 5.10 Å². The number of phenolic OH excluding ortho intramolecular Hbond substituents is 1. The topological polar surface area (TPSA) is 55.4 Å². The molecule has 0 atom stereocenters. The highest BCUT2D eigenvalue weighted by Crippen LogP contribution is 2.35. The average molecular weight is 308 g/mol. The molecule has 1 aliphatic rings. The van der Waals surface area contributed by atoms with Crippen LogP contribution in [0.1, 0.15) is 11.3 Å². The van der Waals surface area contributed by atoms with Crippen molar-refractivity contribution in [2.24, 2.45) is 0 Å². The number of aromatic nitrogens is 2. The van der Waals surface area contributed by atoms with E-state index in [1.165, 1.54) is 10.9 Å². The standard InChI is InChI=1S/C18H20N4O/c1-21(2)18-15-7-8-22(11-16(15)19-20-18)17-10-13(23)9-12-5-3-4-6-14(12)17/h3-6,9-10,23H,7-8,11H2,1-2H3,(H,19,20). The molecule has 2 aromatic carbocycles. The number of rotatable bonds is 2. The van der Waals surface area contributed by atoms with Crippen molar-refractivity contribution in [1.82, 2.24) is 10.2 Å². The molecule has 5 nitrogen and oxygen atoms in total. The van der Waals surface area contributed by atoms with E-state index < -0.39 is 0 Å². The van der Waals surface area contributed by atoms with Crippen molar-refractivity contribution >= 4 is 22.3 Å². The van der Waals surface area contributed by atoms with E-state index in [0.29, 0.717) is 5.75 Å². The van der Waals surface area contributed by atoms with Gasteiger partial charge < -0.3 is 14.9 Å². The number of hydrogen-bond acceptors (Lipinski definition) is 4. The molecule has 0 amide bonds. The number of anilines is 2. The van der Waals surface area contributed by atoms with E-state index in [1.807, 2.05) is 44.4 Å². The molecule has 0 saturated heterocycles. The van der Waals surface area contributed by atoms with Crippen molar-refractivity contribution in [3.05, 3.63) is 47.7 Å². The minimum Gasteiger partial charge on any atom is -0.508 e. The molecule has 2 N–H and O–H groups in total. The van der Waals surface area contributed by atoms with Gasteiger partial charge >= 0.3 is 0 Å². The Morgan fingerprint density at radius 3 is 2.87 bits per heavy atom. The second kappa shape index (κ2) is 5.19. The van der Waals surface area contributed by atoms with Crippen LogP contribution in [0.4, 0.5) is 11.5 Å². The van der Waals surface area contributed by atoms with Crippen LogP contribution in [0.3, 0.4) is 0 Å². The molecule has 1 aliphatic heterocycles. The number of aromatic amines is 1. The Morgan fingerprint density at radius 1 is 1.22 bits per heavy atom. The Bertz CT molecular complexity index is 869. The van der Waals surface area contributed by atoms with Gasteiger partial charge in [-0.15, -0.1) is 0 Å². The van der Waals surface area contributed by atoms with Gasteiger partial charge in [0, 0.05) is 43.3 Å². The summed E-state index contributed by atoms with van der Waals surface area (Å²) >= 11 is 0. The number of hydrogen-bond donors (Lipinski definition) is 2. The Labute approximate surface area is 135 Å². The Balaban J connectivity index is 1.75. The van der Waals surface area contributed by atoms with Gasteiger partial charge in [-0.2, -0.15) is 5.10 Å². The first-order valence-corrected chi connectivity index (χ1v) is 7.83. The SMILES string of the molecule is CN(C)c1n[nH]c2c1CCN(c1cc(O)cc3ccccc13)C2. The molecule has 23 heavy (non-hydrogen) atoms. The third-order valence-corrected chi connectivity index (χ3v) is 4.50. The van der Waals surface area contributed by atoms with Gasteiger partial charge in [-0.05, 0) is 17.9 Å². The van der Waals surface area contributed by atoms with E-state index in [4.69, 9.17) is 0 Å². The minimum absolute atomic E-state index is 0.308. The fourth-order valence-electron chi connectivity index (χ4n) is 3.41. The highest BCUT2D eigenvalue weighted by molar-refractivity contribution is 5.95. The average Bonchev–Trinajstić information content (AvgIpc) is 2.97. The van der Waals surface area contributed by atoms with E-state index in [2.05, 4.69) is 26.1 Å². The molecule has 2 heterocycles. The quantitative estimate of drug-likeness (QED) is 0.764. The summed E-state index contributed by atoms with van der Waals surface area (Å²) in [7, 11) is 4.04. The summed E-state index contributed by atoms with van der Waals surface area (Å²) < 4.78 is 0. The van der Waals surface area contributed by atoms with Crippen molar-refractivity contribution in [2.45, 2.75) is 13.0 Å². The molecule has 0 saturated carbocycles. The van der Waals surface area contributed by atoms with Gasteiger partial charge in [0.15, 0.2) is 5.82 Å². The summed E-state index contributed by atoms with van der Waals surface area (Å²) in [4.78, 5) is 4.36. The zero-order valence-corrected chi connectivity index (χ0v) is 13.4. The van der Waals surface area contributed by atoms with Gasteiger partial charge in [-0.1, -0.05) is 24.3 Å². The molecule has 118 valence electrons. The molecule has 1 aromatic heterocycles. The summed E-state index contributed by atoms with van der Waals surface area (Å²) in [6.07, 6.45) is 0.948. The van der Waals surface area contributed by atoms with Crippen LogP contribution in [0.25, 0.3) is 10.8 Å². The molecule has 0 bridgehead atoms. The lowest BCUT2D eigenvalue weighted by molar-refractivity contribution is 0.476. The van der Waals surface area contributed by atoms with Crippen LogP contribution in [0.2, 0.25) is 0 Å². The first-order valence-electron chi connectivity index (χ1n) is 7.83. The van der Waals surface area contributed by atoms with E-state index in [9.17, 15) is 5.11 Å². The number of phenols is 1. The number of nitrogens with one attached hydrogen (secondary N) is 1. The summed E-state index contributed by atoms with van der Waals surface area (Å²) in [6.45, 7) is 1.70. The molecule has 0 spiro atoms. The molecule has 3 aromatic rings. The molecule has 5 heteroatoms. The molecule has 0 aliphatic carbocycles. The van der Waals surface area contributed by atoms with Crippen molar-refractivity contribution in [3.63, 3.8) is 0 Å². The zero-order valence-electron chi connectivity index (χ0n) is 13.4. The van der Waals surface area contributed by atoms with Gasteiger partial charge in [-0.25, -0.2) is 0 Å². The Kier molecular flexibility index (Phi) is 3.15. The van der Waals surface area contributed by atoms with Crippen molar-refractivity contribution in [2.75, 3.05) is 30.4 Å². The largest absolute Gasteiger partial charge is 0.508 e. The minimum atomic E-state index is 0.308. The van der Waals surface area contributed by atoms with Gasteiger partial charge in [0.05, 0.1) is 12.2 Å². The third kappa shape index (κ3) is 2.29. The van der Waals surface area contributed by atoms with Crippen LogP contribution in [0, 0.1) is 0 Å². The maximum atomic E-state index is 10.1. The summed E-state index contributed by atoms with van der Waals surface area (Å²) in [5.41, 5.74) is 3.54. The van der Waals surface area contributed by atoms with Crippen LogP contribution in [0.15, 0.2) is 36.4 Å². The molecule has 0 fully saturated rings. The number of H-pyrrole nitrogens is 1. The number of fused-ring (bicyclic) bond motifs is 2. The number of benzene rings is 2. The van der Waals surface area contributed by atoms with Crippen molar-refractivity contribution < 1.29 is 5.11 Å². The summed E-state index contributed by atoms with van der Waals surface area (Å²) in [6, 6.07) is 11.9. The fourth-order valence-corrected chi connectivity index (χ4v) is 3.41. The highest BCUT2D eigenvalue weighted by Gasteiger charge is 2.24. The number of aromatic hydroxyl groups is 1. The first kappa shape index (κ1) is 13.9. The predicted molar refractivity (Wildman–Crippen MR) is 93.3 cm³/mol. The Morgan fingerprint density at radius 2 is 2.04 bits per heavy atom. The van der Waals surface area contributed by atoms with Crippen molar-refractivity contribution in [1.29, 1.82) is 0 Å². The van der Waals surface area contributed by atoms with Crippen LogP contribution in [-0.2, 0) is 13.0 Å². The normalized spacial score (nSPS) is 14.1. The number of nitrogens with zero attached hydrogens (tertiary/aromatic N) is 3. The van der Waals surface area contributed by atoms with Crippen LogP contribution in [0.5, 0.6) is 5.75 Å². The Hall–Kier alpha value is -2.69. The molecular weight excluding hydrogens is 288 g/mol. The van der Waals surface area contributed by atoms with Gasteiger partial charge in [0.1, 0.15) is 5.75 Å². The molecule has 0 radical (unpaired) electrons. The van der Waals surface area contributed by atoms with E-state index in [-0.39, 0.29) is 0 Å². The molecule has 0 unspecified atom stereocenters. The van der Waals surface area contributed by atoms with Crippen LogP contribution >= 0.6 is 0 Å². The monoisotopic (exact) mass is 308 g/mol. The van der Waals surface area contributed by atoms with Crippen molar-refractivity contribution in [3.8, 4) is 5.75 Å². The zero-order chi connectivity index (χ0) is 16.0. The van der Waals surface area contributed by atoms with E-state index in [0.717, 1.165) is 42.1 Å². The lowest BCUT2D eigenvalue weighted by Crippen LogP contribution is -2.30. The molecular formula is C18H20N4O. The second-order valence-electron chi connectivity index (χ2n) is 6.26. The fraction of sp³-hybridized carbons (Fsp3) is 0.278. The summed E-state index contributed by atoms with van der Waals surface area (Å²) in [5, 5.41) is 19.9. The maximum absolute atomic E-state index is 10.1. The first-order chi connectivity index (χ1) is 11.1.